The number of rotatable bonds is 5. The lowest BCUT2D eigenvalue weighted by Crippen LogP contribution is -2.26. The van der Waals surface area contributed by atoms with Crippen molar-refractivity contribution in [2.24, 2.45) is 0 Å². The van der Waals surface area contributed by atoms with Gasteiger partial charge in [-0.15, -0.1) is 0 Å². The van der Waals surface area contributed by atoms with E-state index >= 15 is 0 Å². The van der Waals surface area contributed by atoms with E-state index in [4.69, 9.17) is 4.74 Å². The Hall–Kier alpha value is -3.42. The van der Waals surface area contributed by atoms with Gasteiger partial charge in [-0.3, -0.25) is 9.78 Å². The SMILES string of the molecule is CCN(C)C(=O)c1cc(-c2ccc(O)cn2)n(-c2ccc(OC)nc2)n1. The maximum absolute atomic E-state index is 12.5. The molecular formula is C18H19N5O3. The number of ether oxygens (including phenoxy) is 1. The molecule has 0 saturated carbocycles. The minimum Gasteiger partial charge on any atom is -0.506 e. The monoisotopic (exact) mass is 353 g/mol. The highest BCUT2D eigenvalue weighted by Crippen LogP contribution is 2.24. The molecule has 8 nitrogen and oxygen atoms in total. The van der Waals surface area contributed by atoms with Gasteiger partial charge in [0, 0.05) is 19.7 Å². The van der Waals surface area contributed by atoms with Gasteiger partial charge in [0.1, 0.15) is 5.75 Å². The number of methoxy groups -OCH3 is 1. The molecule has 0 saturated heterocycles. The van der Waals surface area contributed by atoms with Crippen LogP contribution >= 0.6 is 0 Å². The van der Waals surface area contributed by atoms with Crippen molar-refractivity contribution in [1.82, 2.24) is 24.6 Å². The molecular weight excluding hydrogens is 334 g/mol. The fourth-order valence-corrected chi connectivity index (χ4v) is 2.36. The van der Waals surface area contributed by atoms with Crippen LogP contribution in [0.4, 0.5) is 0 Å². The molecule has 0 unspecified atom stereocenters. The molecule has 3 heterocycles. The molecule has 0 spiro atoms. The van der Waals surface area contributed by atoms with Crippen molar-refractivity contribution in [3.05, 3.63) is 48.4 Å². The van der Waals surface area contributed by atoms with Crippen molar-refractivity contribution in [1.29, 1.82) is 0 Å². The molecule has 1 amide bonds. The van der Waals surface area contributed by atoms with Crippen molar-refractivity contribution in [3.8, 4) is 28.7 Å². The summed E-state index contributed by atoms with van der Waals surface area (Å²) in [5.74, 6) is 0.355. The number of carbonyl (C=O) groups is 1. The van der Waals surface area contributed by atoms with Gasteiger partial charge in [-0.05, 0) is 31.2 Å². The highest BCUT2D eigenvalue weighted by Gasteiger charge is 2.19. The lowest BCUT2D eigenvalue weighted by atomic mass is 10.2. The van der Waals surface area contributed by atoms with E-state index in [9.17, 15) is 9.90 Å². The Morgan fingerprint density at radius 3 is 2.62 bits per heavy atom. The molecule has 0 fully saturated rings. The second kappa shape index (κ2) is 7.22. The molecule has 0 bridgehead atoms. The number of carbonyl (C=O) groups excluding carboxylic acids is 1. The molecule has 0 atom stereocenters. The number of nitrogens with zero attached hydrogens (tertiary/aromatic N) is 5. The third-order valence-corrected chi connectivity index (χ3v) is 3.93. The summed E-state index contributed by atoms with van der Waals surface area (Å²) in [5.41, 5.74) is 2.15. The summed E-state index contributed by atoms with van der Waals surface area (Å²) in [6.07, 6.45) is 2.95. The lowest BCUT2D eigenvalue weighted by Gasteiger charge is -2.11. The molecule has 0 aromatic carbocycles. The van der Waals surface area contributed by atoms with Crippen LogP contribution in [0.15, 0.2) is 42.7 Å². The van der Waals surface area contributed by atoms with Crippen LogP contribution in [0.25, 0.3) is 17.1 Å². The summed E-state index contributed by atoms with van der Waals surface area (Å²) < 4.78 is 6.68. The van der Waals surface area contributed by atoms with E-state index in [-0.39, 0.29) is 11.7 Å². The summed E-state index contributed by atoms with van der Waals surface area (Å²) in [4.78, 5) is 22.5. The summed E-state index contributed by atoms with van der Waals surface area (Å²) in [5, 5.41) is 13.9. The quantitative estimate of drug-likeness (QED) is 0.755. The standard InChI is InChI=1S/C18H19N5O3/c1-4-22(2)18(25)15-9-16(14-7-6-13(24)11-19-14)23(21-15)12-5-8-17(26-3)20-10-12/h5-11,24H,4H2,1-3H3. The van der Waals surface area contributed by atoms with Gasteiger partial charge in [-0.2, -0.15) is 5.10 Å². The molecule has 3 aromatic heterocycles. The van der Waals surface area contributed by atoms with Crippen LogP contribution in [0, 0.1) is 0 Å². The van der Waals surface area contributed by atoms with Crippen LogP contribution in [0.1, 0.15) is 17.4 Å². The third-order valence-electron chi connectivity index (χ3n) is 3.93. The van der Waals surface area contributed by atoms with E-state index in [1.807, 2.05) is 6.92 Å². The van der Waals surface area contributed by atoms with Crippen molar-refractivity contribution in [2.45, 2.75) is 6.92 Å². The van der Waals surface area contributed by atoms with Gasteiger partial charge in [0.05, 0.1) is 36.6 Å². The first-order chi connectivity index (χ1) is 12.5. The minimum atomic E-state index is -0.187. The second-order valence-corrected chi connectivity index (χ2v) is 5.61. The third kappa shape index (κ3) is 3.34. The summed E-state index contributed by atoms with van der Waals surface area (Å²) in [6, 6.07) is 8.38. The maximum Gasteiger partial charge on any atom is 0.274 e. The molecule has 26 heavy (non-hydrogen) atoms. The molecule has 8 heteroatoms. The maximum atomic E-state index is 12.5. The van der Waals surface area contributed by atoms with Gasteiger partial charge >= 0.3 is 0 Å². The van der Waals surface area contributed by atoms with Gasteiger partial charge in [-0.1, -0.05) is 0 Å². The van der Waals surface area contributed by atoms with E-state index < -0.39 is 0 Å². The zero-order valence-electron chi connectivity index (χ0n) is 14.7. The normalized spacial score (nSPS) is 10.6. The average molecular weight is 353 g/mol. The van der Waals surface area contributed by atoms with E-state index in [2.05, 4.69) is 15.1 Å². The van der Waals surface area contributed by atoms with Crippen molar-refractivity contribution >= 4 is 5.91 Å². The predicted molar refractivity (Wildman–Crippen MR) is 95.4 cm³/mol. The van der Waals surface area contributed by atoms with Gasteiger partial charge in [0.15, 0.2) is 5.69 Å². The molecule has 0 aliphatic heterocycles. The molecule has 0 radical (unpaired) electrons. The molecule has 134 valence electrons. The topological polar surface area (TPSA) is 93.4 Å². The molecule has 0 aliphatic rings. The highest BCUT2D eigenvalue weighted by molar-refractivity contribution is 5.93. The van der Waals surface area contributed by atoms with Crippen molar-refractivity contribution in [2.75, 3.05) is 20.7 Å². The van der Waals surface area contributed by atoms with Crippen molar-refractivity contribution in [3.63, 3.8) is 0 Å². The first kappa shape index (κ1) is 17.4. The minimum absolute atomic E-state index is 0.0629. The summed E-state index contributed by atoms with van der Waals surface area (Å²) in [7, 11) is 3.26. The number of pyridine rings is 2. The molecule has 3 rings (SSSR count). The fourth-order valence-electron chi connectivity index (χ4n) is 2.36. The lowest BCUT2D eigenvalue weighted by molar-refractivity contribution is 0.0796. The van der Waals surface area contributed by atoms with E-state index in [0.717, 1.165) is 0 Å². The van der Waals surface area contributed by atoms with Gasteiger partial charge in [0.25, 0.3) is 5.91 Å². The zero-order chi connectivity index (χ0) is 18.7. The first-order valence-electron chi connectivity index (χ1n) is 8.04. The smallest absolute Gasteiger partial charge is 0.274 e. The van der Waals surface area contributed by atoms with Crippen molar-refractivity contribution < 1.29 is 14.6 Å². The van der Waals surface area contributed by atoms with Crippen LogP contribution in [0.2, 0.25) is 0 Å². The molecule has 3 aromatic rings. The fraction of sp³-hybridized carbons (Fsp3) is 0.222. The Labute approximate surface area is 150 Å². The number of amides is 1. The second-order valence-electron chi connectivity index (χ2n) is 5.61. The predicted octanol–water partition coefficient (Wildman–Crippen LogP) is 2.14. The number of aromatic nitrogens is 4. The number of aromatic hydroxyl groups is 1. The summed E-state index contributed by atoms with van der Waals surface area (Å²) >= 11 is 0. The van der Waals surface area contributed by atoms with Gasteiger partial charge < -0.3 is 14.7 Å². The Morgan fingerprint density at radius 1 is 1.23 bits per heavy atom. The van der Waals surface area contributed by atoms with Crippen LogP contribution in [0.3, 0.4) is 0 Å². The van der Waals surface area contributed by atoms with Crippen LogP contribution in [0.5, 0.6) is 11.6 Å². The highest BCUT2D eigenvalue weighted by atomic mass is 16.5. The Morgan fingerprint density at radius 2 is 2.04 bits per heavy atom. The Balaban J connectivity index is 2.11. The average Bonchev–Trinajstić information content (AvgIpc) is 3.12. The van der Waals surface area contributed by atoms with Gasteiger partial charge in [-0.25, -0.2) is 9.67 Å². The molecule has 1 N–H and O–H groups in total. The first-order valence-corrected chi connectivity index (χ1v) is 8.04. The van der Waals surface area contributed by atoms with Crippen LogP contribution in [-0.2, 0) is 0 Å². The van der Waals surface area contributed by atoms with Crippen LogP contribution in [-0.4, -0.2) is 56.4 Å². The Kier molecular flexibility index (Phi) is 4.83. The Bertz CT molecular complexity index is 904. The van der Waals surface area contributed by atoms with E-state index in [0.29, 0.717) is 35.2 Å². The molecule has 0 aliphatic carbocycles. The summed E-state index contributed by atoms with van der Waals surface area (Å²) in [6.45, 7) is 2.47. The number of hydrogen-bond acceptors (Lipinski definition) is 6. The number of hydrogen-bond donors (Lipinski definition) is 1. The van der Waals surface area contributed by atoms with E-state index in [1.54, 1.807) is 54.2 Å². The van der Waals surface area contributed by atoms with E-state index in [1.165, 1.54) is 12.3 Å². The van der Waals surface area contributed by atoms with Crippen LogP contribution < -0.4 is 4.74 Å². The zero-order valence-corrected chi connectivity index (χ0v) is 14.7. The van der Waals surface area contributed by atoms with Gasteiger partial charge in [0.2, 0.25) is 5.88 Å². The largest absolute Gasteiger partial charge is 0.506 e.